The summed E-state index contributed by atoms with van der Waals surface area (Å²) in [6, 6.07) is 0.518. The SMILES string of the molecule is O=C(O)C1c2ccsc2CCN1C(=O)NCc1nccs1. The Balaban J connectivity index is 1.74. The molecule has 21 heavy (non-hydrogen) atoms. The summed E-state index contributed by atoms with van der Waals surface area (Å²) in [7, 11) is 0. The summed E-state index contributed by atoms with van der Waals surface area (Å²) in [4.78, 5) is 30.3. The van der Waals surface area contributed by atoms with Crippen molar-refractivity contribution in [1.29, 1.82) is 0 Å². The molecule has 0 radical (unpaired) electrons. The number of amides is 2. The molecular formula is C13H13N3O3S2. The number of hydrogen-bond acceptors (Lipinski definition) is 5. The summed E-state index contributed by atoms with van der Waals surface area (Å²) >= 11 is 2.99. The average molecular weight is 323 g/mol. The lowest BCUT2D eigenvalue weighted by Gasteiger charge is -2.33. The van der Waals surface area contributed by atoms with E-state index in [1.807, 2.05) is 10.8 Å². The minimum atomic E-state index is -1.00. The second kappa shape index (κ2) is 5.82. The lowest BCUT2D eigenvalue weighted by Crippen LogP contribution is -2.47. The van der Waals surface area contributed by atoms with E-state index in [9.17, 15) is 14.7 Å². The van der Waals surface area contributed by atoms with Crippen molar-refractivity contribution in [2.24, 2.45) is 0 Å². The quantitative estimate of drug-likeness (QED) is 0.906. The van der Waals surface area contributed by atoms with E-state index in [2.05, 4.69) is 10.3 Å². The first kappa shape index (κ1) is 14.0. The Bertz CT molecular complexity index is 653. The fraction of sp³-hybridized carbons (Fsp3) is 0.308. The molecule has 0 bridgehead atoms. The van der Waals surface area contributed by atoms with Gasteiger partial charge in [0.05, 0.1) is 6.54 Å². The van der Waals surface area contributed by atoms with Crippen molar-refractivity contribution in [1.82, 2.24) is 15.2 Å². The molecular weight excluding hydrogens is 310 g/mol. The second-order valence-corrected chi connectivity index (χ2v) is 6.55. The molecule has 3 rings (SSSR count). The van der Waals surface area contributed by atoms with E-state index < -0.39 is 12.0 Å². The maximum Gasteiger partial charge on any atom is 0.331 e. The van der Waals surface area contributed by atoms with Gasteiger partial charge in [-0.2, -0.15) is 0 Å². The van der Waals surface area contributed by atoms with Crippen LogP contribution in [0.1, 0.15) is 21.5 Å². The fourth-order valence-electron chi connectivity index (χ4n) is 2.39. The Kier molecular flexibility index (Phi) is 3.89. The van der Waals surface area contributed by atoms with Gasteiger partial charge >= 0.3 is 12.0 Å². The molecule has 1 atom stereocenters. The van der Waals surface area contributed by atoms with Crippen molar-refractivity contribution in [2.75, 3.05) is 6.54 Å². The molecule has 1 aliphatic rings. The van der Waals surface area contributed by atoms with Crippen LogP contribution in [-0.2, 0) is 17.8 Å². The van der Waals surface area contributed by atoms with Gasteiger partial charge in [-0.3, -0.25) is 0 Å². The highest BCUT2D eigenvalue weighted by molar-refractivity contribution is 7.10. The number of carboxylic acid groups (broad SMARTS) is 1. The number of nitrogens with zero attached hydrogens (tertiary/aromatic N) is 2. The summed E-state index contributed by atoms with van der Waals surface area (Å²) in [5, 5.41) is 16.7. The van der Waals surface area contributed by atoms with E-state index >= 15 is 0 Å². The van der Waals surface area contributed by atoms with Crippen LogP contribution in [0, 0.1) is 0 Å². The molecule has 0 saturated carbocycles. The average Bonchev–Trinajstić information content (AvgIpc) is 3.14. The summed E-state index contributed by atoms with van der Waals surface area (Å²) in [5.74, 6) is -1.00. The molecule has 110 valence electrons. The van der Waals surface area contributed by atoms with Crippen molar-refractivity contribution in [3.8, 4) is 0 Å². The summed E-state index contributed by atoms with van der Waals surface area (Å²) < 4.78 is 0. The number of urea groups is 1. The number of aromatic nitrogens is 1. The van der Waals surface area contributed by atoms with Gasteiger partial charge in [0.15, 0.2) is 6.04 Å². The minimum absolute atomic E-state index is 0.315. The van der Waals surface area contributed by atoms with Crippen LogP contribution in [-0.4, -0.2) is 33.5 Å². The number of rotatable bonds is 3. The highest BCUT2D eigenvalue weighted by Gasteiger charge is 2.36. The predicted octanol–water partition coefficient (Wildman–Crippen LogP) is 2.10. The van der Waals surface area contributed by atoms with Gasteiger partial charge in [-0.15, -0.1) is 22.7 Å². The molecule has 1 aliphatic heterocycles. The Hall–Kier alpha value is -1.93. The number of carboxylic acids is 1. The Morgan fingerprint density at radius 2 is 2.29 bits per heavy atom. The fourth-order valence-corrected chi connectivity index (χ4v) is 3.85. The molecule has 2 N–H and O–H groups in total. The Morgan fingerprint density at radius 3 is 3.00 bits per heavy atom. The zero-order chi connectivity index (χ0) is 14.8. The number of aliphatic carboxylic acids is 1. The Morgan fingerprint density at radius 1 is 1.43 bits per heavy atom. The number of hydrogen-bond donors (Lipinski definition) is 2. The first-order chi connectivity index (χ1) is 10.2. The number of thiophene rings is 1. The van der Waals surface area contributed by atoms with Crippen LogP contribution < -0.4 is 5.32 Å². The van der Waals surface area contributed by atoms with E-state index in [-0.39, 0.29) is 6.03 Å². The first-order valence-electron chi connectivity index (χ1n) is 6.38. The van der Waals surface area contributed by atoms with E-state index in [0.717, 1.165) is 15.4 Å². The number of thiazole rings is 1. The molecule has 2 aromatic heterocycles. The molecule has 0 spiro atoms. The van der Waals surface area contributed by atoms with Gasteiger partial charge in [0.25, 0.3) is 0 Å². The van der Waals surface area contributed by atoms with Gasteiger partial charge in [-0.1, -0.05) is 0 Å². The van der Waals surface area contributed by atoms with Gasteiger partial charge < -0.3 is 15.3 Å². The standard InChI is InChI=1S/C13H13N3O3S2/c17-12(18)11-8-2-5-20-9(8)1-4-16(11)13(19)15-7-10-14-3-6-21-10/h2-3,5-6,11H,1,4,7H2,(H,15,19)(H,17,18). The zero-order valence-electron chi connectivity index (χ0n) is 11.0. The zero-order valence-corrected chi connectivity index (χ0v) is 12.6. The maximum atomic E-state index is 12.3. The Labute approximate surface area is 129 Å². The third-order valence-electron chi connectivity index (χ3n) is 3.33. The number of fused-ring (bicyclic) bond motifs is 1. The number of carbonyl (C=O) groups is 2. The topological polar surface area (TPSA) is 82.5 Å². The van der Waals surface area contributed by atoms with Crippen LogP contribution in [0.15, 0.2) is 23.0 Å². The largest absolute Gasteiger partial charge is 0.479 e. The highest BCUT2D eigenvalue weighted by atomic mass is 32.1. The number of carbonyl (C=O) groups excluding carboxylic acids is 1. The van der Waals surface area contributed by atoms with Crippen LogP contribution in [0.25, 0.3) is 0 Å². The molecule has 3 heterocycles. The maximum absolute atomic E-state index is 12.3. The lowest BCUT2D eigenvalue weighted by molar-refractivity contribution is -0.142. The molecule has 6 nitrogen and oxygen atoms in total. The second-order valence-electron chi connectivity index (χ2n) is 4.57. The monoisotopic (exact) mass is 323 g/mol. The molecule has 0 saturated heterocycles. The smallest absolute Gasteiger partial charge is 0.331 e. The third kappa shape index (κ3) is 2.77. The van der Waals surface area contributed by atoms with Crippen molar-refractivity contribution >= 4 is 34.7 Å². The lowest BCUT2D eigenvalue weighted by atomic mass is 10.0. The molecule has 2 aromatic rings. The van der Waals surface area contributed by atoms with Crippen molar-refractivity contribution < 1.29 is 14.7 Å². The van der Waals surface area contributed by atoms with E-state index in [1.165, 1.54) is 16.2 Å². The molecule has 0 aromatic carbocycles. The van der Waals surface area contributed by atoms with Crippen LogP contribution >= 0.6 is 22.7 Å². The van der Waals surface area contributed by atoms with Crippen molar-refractivity contribution in [3.05, 3.63) is 38.5 Å². The third-order valence-corrected chi connectivity index (χ3v) is 5.11. The number of nitrogens with one attached hydrogen (secondary N) is 1. The van der Waals surface area contributed by atoms with Crippen LogP contribution in [0.4, 0.5) is 4.79 Å². The molecule has 2 amide bonds. The molecule has 1 unspecified atom stereocenters. The van der Waals surface area contributed by atoms with Crippen molar-refractivity contribution in [2.45, 2.75) is 19.0 Å². The molecule has 0 aliphatic carbocycles. The van der Waals surface area contributed by atoms with Crippen molar-refractivity contribution in [3.63, 3.8) is 0 Å². The van der Waals surface area contributed by atoms with Crippen LogP contribution in [0.3, 0.4) is 0 Å². The van der Waals surface area contributed by atoms with E-state index in [0.29, 0.717) is 19.5 Å². The van der Waals surface area contributed by atoms with E-state index in [1.54, 1.807) is 23.6 Å². The van der Waals surface area contributed by atoms with Gasteiger partial charge in [0.1, 0.15) is 5.01 Å². The van der Waals surface area contributed by atoms with Crippen LogP contribution in [0.5, 0.6) is 0 Å². The first-order valence-corrected chi connectivity index (χ1v) is 8.14. The minimum Gasteiger partial charge on any atom is -0.479 e. The van der Waals surface area contributed by atoms with Gasteiger partial charge in [0, 0.05) is 23.0 Å². The summed E-state index contributed by atoms with van der Waals surface area (Å²) in [6.45, 7) is 0.726. The molecule has 0 fully saturated rings. The van der Waals surface area contributed by atoms with Gasteiger partial charge in [0.2, 0.25) is 0 Å². The summed E-state index contributed by atoms with van der Waals surface area (Å²) in [6.07, 6.45) is 2.37. The van der Waals surface area contributed by atoms with E-state index in [4.69, 9.17) is 0 Å². The summed E-state index contributed by atoms with van der Waals surface area (Å²) in [5.41, 5.74) is 0.725. The predicted molar refractivity (Wildman–Crippen MR) is 79.5 cm³/mol. The van der Waals surface area contributed by atoms with Crippen LogP contribution in [0.2, 0.25) is 0 Å². The molecule has 8 heteroatoms. The van der Waals surface area contributed by atoms with Gasteiger partial charge in [-0.25, -0.2) is 14.6 Å². The van der Waals surface area contributed by atoms with Gasteiger partial charge in [-0.05, 0) is 23.4 Å². The normalized spacial score (nSPS) is 17.3. The highest BCUT2D eigenvalue weighted by Crippen LogP contribution is 2.33.